The fourth-order valence-corrected chi connectivity index (χ4v) is 3.47. The van der Waals surface area contributed by atoms with Crippen molar-refractivity contribution in [2.75, 3.05) is 39.3 Å². The van der Waals surface area contributed by atoms with Crippen molar-refractivity contribution in [2.45, 2.75) is 82.6 Å². The van der Waals surface area contributed by atoms with E-state index < -0.39 is 5.54 Å². The van der Waals surface area contributed by atoms with E-state index in [1.54, 1.807) is 0 Å². The number of nitrogens with one attached hydrogen (secondary N) is 3. The second-order valence-electron chi connectivity index (χ2n) is 8.90. The number of amides is 3. The number of hydrogen-bond acceptors (Lipinski definition) is 7. The quantitative estimate of drug-likeness (QED) is 0.0623. The standard InChI is InChI=1S/C22H41N13O3/c23-22(10-7-19(36)27-13-1-4-16-30-33-24,11-8-20(37)28-14-2-5-17-31-34-25)12-9-21(38)29-15-3-6-18-32-35-26/h1-18,23H2,(H,27,36)(H,28,37)(H,29,38). The molecule has 0 aliphatic heterocycles. The van der Waals surface area contributed by atoms with E-state index in [1.165, 1.54) is 0 Å². The van der Waals surface area contributed by atoms with Gasteiger partial charge in [-0.25, -0.2) is 0 Å². The molecule has 16 heteroatoms. The maximum atomic E-state index is 12.3. The summed E-state index contributed by atoms with van der Waals surface area (Å²) in [5.74, 6) is -0.507. The van der Waals surface area contributed by atoms with E-state index in [4.69, 9.17) is 22.3 Å². The maximum absolute atomic E-state index is 12.3. The molecule has 3 amide bonds. The van der Waals surface area contributed by atoms with Crippen LogP contribution >= 0.6 is 0 Å². The molecule has 38 heavy (non-hydrogen) atoms. The van der Waals surface area contributed by atoms with Crippen molar-refractivity contribution in [1.29, 1.82) is 0 Å². The second-order valence-corrected chi connectivity index (χ2v) is 8.90. The van der Waals surface area contributed by atoms with Gasteiger partial charge in [-0.1, -0.05) is 15.3 Å². The largest absolute Gasteiger partial charge is 0.356 e. The van der Waals surface area contributed by atoms with Crippen molar-refractivity contribution in [3.05, 3.63) is 31.3 Å². The Kier molecular flexibility index (Phi) is 21.4. The first-order valence-electron chi connectivity index (χ1n) is 13.0. The number of unbranched alkanes of at least 4 members (excludes halogenated alkanes) is 3. The Morgan fingerprint density at radius 2 is 0.868 bits per heavy atom. The third-order valence-corrected chi connectivity index (χ3v) is 5.76. The molecule has 0 saturated heterocycles. The Balaban J connectivity index is 4.64. The Morgan fingerprint density at radius 1 is 0.579 bits per heavy atom. The van der Waals surface area contributed by atoms with Crippen LogP contribution in [-0.2, 0) is 14.4 Å². The minimum atomic E-state index is -0.878. The maximum Gasteiger partial charge on any atom is 0.220 e. The Labute approximate surface area is 222 Å². The molecule has 0 spiro atoms. The van der Waals surface area contributed by atoms with E-state index in [0.29, 0.717) is 97.1 Å². The third-order valence-electron chi connectivity index (χ3n) is 5.76. The van der Waals surface area contributed by atoms with Gasteiger partial charge in [-0.15, -0.1) is 0 Å². The number of azide groups is 3. The lowest BCUT2D eigenvalue weighted by atomic mass is 9.84. The summed E-state index contributed by atoms with van der Waals surface area (Å²) >= 11 is 0. The molecule has 0 radical (unpaired) electrons. The molecule has 0 aliphatic rings. The Hall–Kier alpha value is -3.70. The van der Waals surface area contributed by atoms with Crippen molar-refractivity contribution >= 4 is 17.7 Å². The summed E-state index contributed by atoms with van der Waals surface area (Å²) in [6, 6.07) is 0. The van der Waals surface area contributed by atoms with E-state index in [-0.39, 0.29) is 37.0 Å². The Morgan fingerprint density at radius 3 is 1.13 bits per heavy atom. The first kappa shape index (κ1) is 34.3. The van der Waals surface area contributed by atoms with Gasteiger partial charge in [0, 0.05) is 78.8 Å². The van der Waals surface area contributed by atoms with Gasteiger partial charge in [0.2, 0.25) is 17.7 Å². The molecule has 0 fully saturated rings. The molecule has 212 valence electrons. The molecule has 0 bridgehead atoms. The molecular formula is C22H41N13O3. The topological polar surface area (TPSA) is 260 Å². The molecule has 0 heterocycles. The highest BCUT2D eigenvalue weighted by atomic mass is 16.2. The zero-order chi connectivity index (χ0) is 28.3. The molecule has 0 aromatic heterocycles. The van der Waals surface area contributed by atoms with Crippen LogP contribution in [0.25, 0.3) is 31.3 Å². The molecule has 0 rings (SSSR count). The number of carbonyl (C=O) groups is 3. The SMILES string of the molecule is [N-]=[N+]=NCCCCNC(=O)CCC(N)(CCC(=O)NCCCCN=[N+]=[N-])CCC(=O)NCCCCN=[N+]=[N-]. The van der Waals surface area contributed by atoms with E-state index in [0.717, 1.165) is 0 Å². The van der Waals surface area contributed by atoms with Gasteiger partial charge in [0.25, 0.3) is 0 Å². The van der Waals surface area contributed by atoms with Crippen LogP contribution in [0.3, 0.4) is 0 Å². The molecule has 16 nitrogen and oxygen atoms in total. The number of hydrogen-bond donors (Lipinski definition) is 4. The lowest BCUT2D eigenvalue weighted by Crippen LogP contribution is -2.43. The van der Waals surface area contributed by atoms with Gasteiger partial charge < -0.3 is 21.7 Å². The summed E-state index contributed by atoms with van der Waals surface area (Å²) < 4.78 is 0. The van der Waals surface area contributed by atoms with E-state index >= 15 is 0 Å². The zero-order valence-electron chi connectivity index (χ0n) is 22.1. The predicted molar refractivity (Wildman–Crippen MR) is 143 cm³/mol. The first-order chi connectivity index (χ1) is 18.4. The fraction of sp³-hybridized carbons (Fsp3) is 0.864. The van der Waals surface area contributed by atoms with Crippen LogP contribution in [0.15, 0.2) is 15.3 Å². The van der Waals surface area contributed by atoms with Crippen LogP contribution in [-0.4, -0.2) is 62.5 Å². The smallest absolute Gasteiger partial charge is 0.220 e. The molecule has 0 aromatic carbocycles. The number of nitrogens with two attached hydrogens (primary N) is 1. The van der Waals surface area contributed by atoms with Crippen molar-refractivity contribution in [3.63, 3.8) is 0 Å². The molecule has 0 atom stereocenters. The predicted octanol–water partition coefficient (Wildman–Crippen LogP) is 3.64. The van der Waals surface area contributed by atoms with Crippen molar-refractivity contribution in [1.82, 2.24) is 16.0 Å². The van der Waals surface area contributed by atoms with Gasteiger partial charge in [-0.05, 0) is 74.4 Å². The third kappa shape index (κ3) is 21.6. The van der Waals surface area contributed by atoms with E-state index in [1.807, 2.05) is 0 Å². The van der Waals surface area contributed by atoms with Crippen molar-refractivity contribution in [2.24, 2.45) is 21.1 Å². The van der Waals surface area contributed by atoms with E-state index in [9.17, 15) is 14.4 Å². The van der Waals surface area contributed by atoms with Gasteiger partial charge >= 0.3 is 0 Å². The van der Waals surface area contributed by atoms with Crippen molar-refractivity contribution in [3.8, 4) is 0 Å². The summed E-state index contributed by atoms with van der Waals surface area (Å²) in [5.41, 5.74) is 30.5. The summed E-state index contributed by atoms with van der Waals surface area (Å²) in [6.07, 6.45) is 5.51. The van der Waals surface area contributed by atoms with Crippen LogP contribution in [0.2, 0.25) is 0 Å². The average Bonchev–Trinajstić information content (AvgIpc) is 2.91. The average molecular weight is 536 g/mol. The van der Waals surface area contributed by atoms with Gasteiger partial charge in [0.15, 0.2) is 0 Å². The summed E-state index contributed by atoms with van der Waals surface area (Å²) in [7, 11) is 0. The second kappa shape index (κ2) is 23.7. The summed E-state index contributed by atoms with van der Waals surface area (Å²) in [6.45, 7) is 2.52. The Bertz CT molecular complexity index is 740. The van der Waals surface area contributed by atoms with Crippen LogP contribution in [0.5, 0.6) is 0 Å². The van der Waals surface area contributed by atoms with Gasteiger partial charge in [-0.2, -0.15) is 0 Å². The molecule has 0 unspecified atom stereocenters. The molecule has 0 saturated carbocycles. The minimum Gasteiger partial charge on any atom is -0.356 e. The minimum absolute atomic E-state index is 0.162. The molecule has 0 aromatic rings. The highest BCUT2D eigenvalue weighted by Crippen LogP contribution is 2.23. The first-order valence-corrected chi connectivity index (χ1v) is 13.0. The van der Waals surface area contributed by atoms with Gasteiger partial charge in [0.1, 0.15) is 0 Å². The van der Waals surface area contributed by atoms with Crippen LogP contribution in [0.4, 0.5) is 0 Å². The lowest BCUT2D eigenvalue weighted by molar-refractivity contribution is -0.121. The number of carbonyl (C=O) groups excluding carboxylic acids is 3. The highest BCUT2D eigenvalue weighted by Gasteiger charge is 2.27. The molecule has 0 aliphatic carbocycles. The number of rotatable bonds is 24. The lowest BCUT2D eigenvalue weighted by Gasteiger charge is -2.29. The van der Waals surface area contributed by atoms with Crippen LogP contribution in [0, 0.1) is 0 Å². The highest BCUT2D eigenvalue weighted by molar-refractivity contribution is 5.77. The van der Waals surface area contributed by atoms with Crippen LogP contribution in [0.1, 0.15) is 77.0 Å². The molecular weight excluding hydrogens is 494 g/mol. The zero-order valence-corrected chi connectivity index (χ0v) is 22.1. The van der Waals surface area contributed by atoms with Crippen LogP contribution < -0.4 is 21.7 Å². The normalized spacial score (nSPS) is 11.6. The fourth-order valence-electron chi connectivity index (χ4n) is 3.47. The van der Waals surface area contributed by atoms with E-state index in [2.05, 4.69) is 46.0 Å². The summed E-state index contributed by atoms with van der Waals surface area (Å²) in [5, 5.41) is 18.8. The summed E-state index contributed by atoms with van der Waals surface area (Å²) in [4.78, 5) is 44.9. The van der Waals surface area contributed by atoms with Crippen molar-refractivity contribution < 1.29 is 14.4 Å². The number of nitrogens with zero attached hydrogens (tertiary/aromatic N) is 9. The monoisotopic (exact) mass is 535 g/mol. The van der Waals surface area contributed by atoms with Gasteiger partial charge in [0.05, 0.1) is 0 Å². The molecule has 5 N–H and O–H groups in total. The van der Waals surface area contributed by atoms with Gasteiger partial charge in [-0.3, -0.25) is 14.4 Å².